The van der Waals surface area contributed by atoms with Gasteiger partial charge in [-0.3, -0.25) is 0 Å². The third-order valence-corrected chi connectivity index (χ3v) is 2.12. The third kappa shape index (κ3) is 0.990. The van der Waals surface area contributed by atoms with Crippen LogP contribution in [0.3, 0.4) is 0 Å². The minimum absolute atomic E-state index is 0.522. The summed E-state index contributed by atoms with van der Waals surface area (Å²) in [5.74, 6) is 0. The van der Waals surface area contributed by atoms with Crippen LogP contribution in [0.4, 0.5) is 0 Å². The highest BCUT2D eigenvalue weighted by molar-refractivity contribution is 5.62. The van der Waals surface area contributed by atoms with Gasteiger partial charge in [0.1, 0.15) is 6.10 Å². The predicted molar refractivity (Wildman–Crippen MR) is 49.6 cm³/mol. The average molecular weight is 158 g/mol. The van der Waals surface area contributed by atoms with E-state index in [4.69, 9.17) is 0 Å². The summed E-state index contributed by atoms with van der Waals surface area (Å²) >= 11 is 0. The molecule has 1 atom stereocenters. The highest BCUT2D eigenvalue weighted by atomic mass is 16.3. The van der Waals surface area contributed by atoms with Crippen molar-refractivity contribution in [3.8, 4) is 0 Å². The van der Waals surface area contributed by atoms with Crippen LogP contribution in [0.2, 0.25) is 0 Å². The highest BCUT2D eigenvalue weighted by Crippen LogP contribution is 2.29. The summed E-state index contributed by atoms with van der Waals surface area (Å²) in [4.78, 5) is 0. The molecular formula is C11H10O. The van der Waals surface area contributed by atoms with Crippen LogP contribution < -0.4 is 0 Å². The Labute approximate surface area is 71.7 Å². The first-order valence-corrected chi connectivity index (χ1v) is 3.93. The average Bonchev–Trinajstić information content (AvgIpc) is 2.12. The maximum atomic E-state index is 9.68. The molecule has 0 bridgehead atoms. The first-order valence-electron chi connectivity index (χ1n) is 3.93. The molecule has 1 unspecified atom stereocenters. The van der Waals surface area contributed by atoms with Crippen LogP contribution in [-0.4, -0.2) is 5.11 Å². The molecule has 0 amide bonds. The Kier molecular flexibility index (Phi) is 1.59. The molecule has 0 aliphatic heterocycles. The van der Waals surface area contributed by atoms with Crippen molar-refractivity contribution in [3.05, 3.63) is 53.6 Å². The Morgan fingerprint density at radius 2 is 1.92 bits per heavy atom. The molecule has 1 nitrogen and oxygen atoms in total. The Morgan fingerprint density at radius 1 is 1.17 bits per heavy atom. The first kappa shape index (κ1) is 7.32. The topological polar surface area (TPSA) is 20.2 Å². The molecule has 1 aliphatic rings. The van der Waals surface area contributed by atoms with Gasteiger partial charge in [-0.25, -0.2) is 0 Å². The maximum absolute atomic E-state index is 9.68. The number of hydrogen-bond acceptors (Lipinski definition) is 1. The smallest absolute Gasteiger partial charge is 0.104 e. The van der Waals surface area contributed by atoms with E-state index in [1.165, 1.54) is 0 Å². The zero-order valence-electron chi connectivity index (χ0n) is 6.70. The molecule has 0 spiro atoms. The molecule has 1 aromatic rings. The van der Waals surface area contributed by atoms with Gasteiger partial charge in [0.25, 0.3) is 0 Å². The van der Waals surface area contributed by atoms with Gasteiger partial charge in [0.2, 0.25) is 0 Å². The molecule has 1 aromatic carbocycles. The van der Waals surface area contributed by atoms with Gasteiger partial charge in [0, 0.05) is 0 Å². The van der Waals surface area contributed by atoms with Gasteiger partial charge in [-0.05, 0) is 16.7 Å². The zero-order valence-corrected chi connectivity index (χ0v) is 6.70. The summed E-state index contributed by atoms with van der Waals surface area (Å²) < 4.78 is 0. The van der Waals surface area contributed by atoms with E-state index in [2.05, 4.69) is 6.58 Å². The first-order chi connectivity index (χ1) is 5.79. The van der Waals surface area contributed by atoms with Crippen molar-refractivity contribution in [2.24, 2.45) is 0 Å². The van der Waals surface area contributed by atoms with Crippen molar-refractivity contribution in [3.63, 3.8) is 0 Å². The van der Waals surface area contributed by atoms with Gasteiger partial charge in [-0.2, -0.15) is 0 Å². The lowest BCUT2D eigenvalue weighted by Gasteiger charge is -2.18. The lowest BCUT2D eigenvalue weighted by atomic mass is 9.92. The lowest BCUT2D eigenvalue weighted by Crippen LogP contribution is -2.04. The molecule has 0 saturated heterocycles. The van der Waals surface area contributed by atoms with Crippen molar-refractivity contribution >= 4 is 6.08 Å². The van der Waals surface area contributed by atoms with E-state index in [0.717, 1.165) is 16.7 Å². The second kappa shape index (κ2) is 2.61. The number of aliphatic hydroxyl groups is 1. The molecule has 0 fully saturated rings. The van der Waals surface area contributed by atoms with E-state index in [0.29, 0.717) is 0 Å². The monoisotopic (exact) mass is 158 g/mol. The molecule has 12 heavy (non-hydrogen) atoms. The van der Waals surface area contributed by atoms with Gasteiger partial charge in [-0.1, -0.05) is 43.0 Å². The van der Waals surface area contributed by atoms with Crippen LogP contribution in [0.5, 0.6) is 0 Å². The van der Waals surface area contributed by atoms with Crippen LogP contribution >= 0.6 is 0 Å². The van der Waals surface area contributed by atoms with E-state index in [-0.39, 0.29) is 0 Å². The van der Waals surface area contributed by atoms with Crippen LogP contribution in [-0.2, 0) is 0 Å². The van der Waals surface area contributed by atoms with Crippen molar-refractivity contribution in [2.45, 2.75) is 6.10 Å². The lowest BCUT2D eigenvalue weighted by molar-refractivity contribution is 0.219. The Hall–Kier alpha value is -1.34. The maximum Gasteiger partial charge on any atom is 0.104 e. The van der Waals surface area contributed by atoms with Crippen LogP contribution in [0.15, 0.2) is 42.5 Å². The van der Waals surface area contributed by atoms with Crippen molar-refractivity contribution in [1.29, 1.82) is 0 Å². The minimum Gasteiger partial charge on any atom is -0.384 e. The van der Waals surface area contributed by atoms with E-state index in [1.54, 1.807) is 0 Å². The van der Waals surface area contributed by atoms with E-state index >= 15 is 0 Å². The minimum atomic E-state index is -0.522. The Balaban J connectivity index is 2.59. The number of fused-ring (bicyclic) bond motifs is 1. The SMILES string of the molecule is C=C1C=Cc2ccccc2C1O. The molecule has 60 valence electrons. The summed E-state index contributed by atoms with van der Waals surface area (Å²) in [5, 5.41) is 9.68. The Morgan fingerprint density at radius 3 is 2.75 bits per heavy atom. The second-order valence-electron chi connectivity index (χ2n) is 2.94. The van der Waals surface area contributed by atoms with Crippen LogP contribution in [0.25, 0.3) is 6.08 Å². The Bertz CT molecular complexity index is 350. The number of benzene rings is 1. The fourth-order valence-electron chi connectivity index (χ4n) is 1.40. The summed E-state index contributed by atoms with van der Waals surface area (Å²) in [6, 6.07) is 7.80. The molecule has 1 N–H and O–H groups in total. The molecular weight excluding hydrogens is 148 g/mol. The molecule has 0 heterocycles. The second-order valence-corrected chi connectivity index (χ2v) is 2.94. The molecule has 0 aromatic heterocycles. The van der Waals surface area contributed by atoms with Crippen molar-refractivity contribution in [2.75, 3.05) is 0 Å². The van der Waals surface area contributed by atoms with Crippen molar-refractivity contribution in [1.82, 2.24) is 0 Å². The highest BCUT2D eigenvalue weighted by Gasteiger charge is 2.15. The third-order valence-electron chi connectivity index (χ3n) is 2.12. The van der Waals surface area contributed by atoms with Gasteiger partial charge in [-0.15, -0.1) is 0 Å². The molecule has 0 radical (unpaired) electrons. The largest absolute Gasteiger partial charge is 0.384 e. The zero-order chi connectivity index (χ0) is 8.55. The number of hydrogen-bond donors (Lipinski definition) is 1. The molecule has 1 aliphatic carbocycles. The summed E-state index contributed by atoms with van der Waals surface area (Å²) in [7, 11) is 0. The predicted octanol–water partition coefficient (Wildman–Crippen LogP) is 2.30. The molecule has 2 rings (SSSR count). The summed E-state index contributed by atoms with van der Waals surface area (Å²) in [6.07, 6.45) is 3.31. The summed E-state index contributed by atoms with van der Waals surface area (Å²) in [6.45, 7) is 3.76. The number of aliphatic hydroxyl groups excluding tert-OH is 1. The van der Waals surface area contributed by atoms with Crippen LogP contribution in [0.1, 0.15) is 17.2 Å². The van der Waals surface area contributed by atoms with E-state index in [9.17, 15) is 5.11 Å². The van der Waals surface area contributed by atoms with Gasteiger partial charge in [0.15, 0.2) is 0 Å². The van der Waals surface area contributed by atoms with Gasteiger partial charge < -0.3 is 5.11 Å². The fourth-order valence-corrected chi connectivity index (χ4v) is 1.40. The van der Waals surface area contributed by atoms with Crippen LogP contribution in [0, 0.1) is 0 Å². The standard InChI is InChI=1S/C11H10O/c1-8-6-7-9-4-2-3-5-10(9)11(8)12/h2-7,11-12H,1H2. The van der Waals surface area contributed by atoms with Crippen molar-refractivity contribution < 1.29 is 5.11 Å². The molecule has 0 saturated carbocycles. The summed E-state index contributed by atoms with van der Waals surface area (Å²) in [5.41, 5.74) is 2.79. The number of rotatable bonds is 0. The quantitative estimate of drug-likeness (QED) is 0.614. The van der Waals surface area contributed by atoms with E-state index < -0.39 is 6.10 Å². The van der Waals surface area contributed by atoms with E-state index in [1.807, 2.05) is 36.4 Å². The normalized spacial score (nSPS) is 20.8. The van der Waals surface area contributed by atoms with Gasteiger partial charge >= 0.3 is 0 Å². The fraction of sp³-hybridized carbons (Fsp3) is 0.0909. The van der Waals surface area contributed by atoms with Gasteiger partial charge in [0.05, 0.1) is 0 Å². The molecule has 1 heteroatoms.